The minimum absolute atomic E-state index is 0.000373. The zero-order valence-corrected chi connectivity index (χ0v) is 13.6. The smallest absolute Gasteiger partial charge is 0.193 e. The van der Waals surface area contributed by atoms with E-state index in [1.807, 2.05) is 24.3 Å². The van der Waals surface area contributed by atoms with Crippen LogP contribution in [0, 0.1) is 12.3 Å². The van der Waals surface area contributed by atoms with Crippen LogP contribution in [0.2, 0.25) is 0 Å². The van der Waals surface area contributed by atoms with E-state index in [-0.39, 0.29) is 12.4 Å². The quantitative estimate of drug-likeness (QED) is 0.576. The summed E-state index contributed by atoms with van der Waals surface area (Å²) in [5.74, 6) is 3.07. The molecule has 0 saturated carbocycles. The van der Waals surface area contributed by atoms with Crippen LogP contribution in [0.15, 0.2) is 48.5 Å². The van der Waals surface area contributed by atoms with E-state index in [1.165, 1.54) is 0 Å². The molecular formula is C20H21NO2. The minimum Gasteiger partial charge on any atom is -0.481 e. The first-order chi connectivity index (χ1) is 11.2. The topological polar surface area (TPSA) is 29.5 Å². The first-order valence-electron chi connectivity index (χ1n) is 7.75. The molecule has 0 heterocycles. The van der Waals surface area contributed by atoms with Gasteiger partial charge in [-0.1, -0.05) is 5.92 Å². The predicted octanol–water partition coefficient (Wildman–Crippen LogP) is 3.78. The fraction of sp³-hybridized carbons (Fsp3) is 0.250. The van der Waals surface area contributed by atoms with Crippen LogP contribution in [0.1, 0.15) is 29.8 Å². The molecule has 118 valence electrons. The molecular weight excluding hydrogens is 286 g/mol. The van der Waals surface area contributed by atoms with Crippen molar-refractivity contribution >= 4 is 11.5 Å². The summed E-state index contributed by atoms with van der Waals surface area (Å²) in [6.45, 7) is 6.35. The second-order valence-electron chi connectivity index (χ2n) is 5.07. The standard InChI is InChI=1S/C20H21NO2/c1-4-15-23-19-13-9-17(10-14-19)20(22)16-7-11-18(12-8-16)21(5-2)6-3/h1,7-14H,5-6,15H2,2-3H3. The molecule has 0 aliphatic carbocycles. The summed E-state index contributed by atoms with van der Waals surface area (Å²) in [6.07, 6.45) is 5.15. The van der Waals surface area contributed by atoms with Crippen LogP contribution in [-0.4, -0.2) is 25.5 Å². The lowest BCUT2D eigenvalue weighted by atomic mass is 10.0. The SMILES string of the molecule is C#CCOc1ccc(C(=O)c2ccc(N(CC)CC)cc2)cc1. The first kappa shape index (κ1) is 16.6. The van der Waals surface area contributed by atoms with E-state index in [1.54, 1.807) is 24.3 Å². The number of ether oxygens (including phenoxy) is 1. The van der Waals surface area contributed by atoms with Crippen LogP contribution in [-0.2, 0) is 0 Å². The van der Waals surface area contributed by atoms with Crippen molar-refractivity contribution in [3.8, 4) is 18.1 Å². The Balaban J connectivity index is 2.12. The van der Waals surface area contributed by atoms with Gasteiger partial charge in [-0.2, -0.15) is 0 Å². The fourth-order valence-corrected chi connectivity index (χ4v) is 2.41. The Hall–Kier alpha value is -2.73. The normalized spacial score (nSPS) is 9.96. The molecule has 23 heavy (non-hydrogen) atoms. The Morgan fingerprint density at radius 3 is 2.00 bits per heavy atom. The Kier molecular flexibility index (Phi) is 5.82. The van der Waals surface area contributed by atoms with Crippen LogP contribution in [0.3, 0.4) is 0 Å². The highest BCUT2D eigenvalue weighted by molar-refractivity contribution is 6.09. The van der Waals surface area contributed by atoms with Gasteiger partial charge in [-0.05, 0) is 62.4 Å². The zero-order chi connectivity index (χ0) is 16.7. The monoisotopic (exact) mass is 307 g/mol. The molecule has 0 aliphatic heterocycles. The number of ketones is 1. The molecule has 2 rings (SSSR count). The maximum atomic E-state index is 12.5. The predicted molar refractivity (Wildman–Crippen MR) is 94.2 cm³/mol. The van der Waals surface area contributed by atoms with Gasteiger partial charge in [-0.25, -0.2) is 0 Å². The molecule has 0 amide bonds. The van der Waals surface area contributed by atoms with Gasteiger partial charge < -0.3 is 9.64 Å². The molecule has 0 saturated heterocycles. The number of anilines is 1. The fourth-order valence-electron chi connectivity index (χ4n) is 2.41. The largest absolute Gasteiger partial charge is 0.481 e. The molecule has 0 spiro atoms. The number of terminal acetylenes is 1. The van der Waals surface area contributed by atoms with E-state index < -0.39 is 0 Å². The lowest BCUT2D eigenvalue weighted by molar-refractivity contribution is 0.103. The number of carbonyl (C=O) groups excluding carboxylic acids is 1. The molecule has 0 radical (unpaired) electrons. The first-order valence-corrected chi connectivity index (χ1v) is 7.75. The van der Waals surface area contributed by atoms with Gasteiger partial charge in [0.1, 0.15) is 12.4 Å². The number of hydrogen-bond acceptors (Lipinski definition) is 3. The summed E-state index contributed by atoms with van der Waals surface area (Å²) < 4.78 is 5.31. The Morgan fingerprint density at radius 2 is 1.52 bits per heavy atom. The molecule has 0 aliphatic rings. The summed E-state index contributed by atoms with van der Waals surface area (Å²) in [4.78, 5) is 14.7. The third kappa shape index (κ3) is 4.14. The van der Waals surface area contributed by atoms with Gasteiger partial charge in [-0.15, -0.1) is 6.42 Å². The third-order valence-corrected chi connectivity index (χ3v) is 3.70. The number of benzene rings is 2. The molecule has 0 aromatic heterocycles. The molecule has 2 aromatic rings. The van der Waals surface area contributed by atoms with Crippen molar-refractivity contribution in [2.45, 2.75) is 13.8 Å². The summed E-state index contributed by atoms with van der Waals surface area (Å²) in [6, 6.07) is 14.8. The highest BCUT2D eigenvalue weighted by Crippen LogP contribution is 2.19. The number of nitrogens with zero attached hydrogens (tertiary/aromatic N) is 1. The van der Waals surface area contributed by atoms with Crippen molar-refractivity contribution in [1.82, 2.24) is 0 Å². The molecule has 0 unspecified atom stereocenters. The van der Waals surface area contributed by atoms with Gasteiger partial charge in [0.15, 0.2) is 5.78 Å². The summed E-state index contributed by atoms with van der Waals surface area (Å²) in [5.41, 5.74) is 2.44. The van der Waals surface area contributed by atoms with Crippen LogP contribution >= 0.6 is 0 Å². The van der Waals surface area contributed by atoms with Crippen molar-refractivity contribution < 1.29 is 9.53 Å². The zero-order valence-electron chi connectivity index (χ0n) is 13.6. The average molecular weight is 307 g/mol. The molecule has 0 N–H and O–H groups in total. The average Bonchev–Trinajstić information content (AvgIpc) is 2.61. The van der Waals surface area contributed by atoms with Crippen LogP contribution in [0.5, 0.6) is 5.75 Å². The van der Waals surface area contributed by atoms with E-state index in [0.29, 0.717) is 16.9 Å². The van der Waals surface area contributed by atoms with Gasteiger partial charge in [0.25, 0.3) is 0 Å². The van der Waals surface area contributed by atoms with Gasteiger partial charge in [0, 0.05) is 29.9 Å². The number of hydrogen-bond donors (Lipinski definition) is 0. The van der Waals surface area contributed by atoms with Gasteiger partial charge in [0.2, 0.25) is 0 Å². The molecule has 2 aromatic carbocycles. The van der Waals surface area contributed by atoms with Crippen LogP contribution in [0.25, 0.3) is 0 Å². The van der Waals surface area contributed by atoms with Crippen LogP contribution in [0.4, 0.5) is 5.69 Å². The Morgan fingerprint density at radius 1 is 1.00 bits per heavy atom. The van der Waals surface area contributed by atoms with Crippen molar-refractivity contribution in [2.24, 2.45) is 0 Å². The highest BCUT2D eigenvalue weighted by atomic mass is 16.5. The van der Waals surface area contributed by atoms with Crippen molar-refractivity contribution in [1.29, 1.82) is 0 Å². The molecule has 0 fully saturated rings. The molecule has 0 bridgehead atoms. The maximum absolute atomic E-state index is 12.5. The lowest BCUT2D eigenvalue weighted by Gasteiger charge is -2.21. The van der Waals surface area contributed by atoms with E-state index in [9.17, 15) is 4.79 Å². The van der Waals surface area contributed by atoms with E-state index in [2.05, 4.69) is 24.7 Å². The van der Waals surface area contributed by atoms with Crippen molar-refractivity contribution in [3.05, 3.63) is 59.7 Å². The molecule has 0 atom stereocenters. The van der Waals surface area contributed by atoms with Gasteiger partial charge >= 0.3 is 0 Å². The maximum Gasteiger partial charge on any atom is 0.193 e. The van der Waals surface area contributed by atoms with E-state index in [4.69, 9.17) is 11.2 Å². The molecule has 3 heteroatoms. The minimum atomic E-state index is -0.000373. The Bertz CT molecular complexity index is 677. The van der Waals surface area contributed by atoms with Crippen molar-refractivity contribution in [2.75, 3.05) is 24.6 Å². The highest BCUT2D eigenvalue weighted by Gasteiger charge is 2.10. The summed E-state index contributed by atoms with van der Waals surface area (Å²) in [7, 11) is 0. The van der Waals surface area contributed by atoms with Crippen molar-refractivity contribution in [3.63, 3.8) is 0 Å². The Labute approximate surface area is 137 Å². The number of carbonyl (C=O) groups is 1. The van der Waals surface area contributed by atoms with Gasteiger partial charge in [0.05, 0.1) is 0 Å². The van der Waals surface area contributed by atoms with Crippen LogP contribution < -0.4 is 9.64 Å². The third-order valence-electron chi connectivity index (χ3n) is 3.70. The second-order valence-corrected chi connectivity index (χ2v) is 5.07. The lowest BCUT2D eigenvalue weighted by Crippen LogP contribution is -2.21. The number of rotatable bonds is 7. The summed E-state index contributed by atoms with van der Waals surface area (Å²) in [5, 5.41) is 0. The second kappa shape index (κ2) is 8.05. The molecule has 3 nitrogen and oxygen atoms in total. The van der Waals surface area contributed by atoms with E-state index >= 15 is 0 Å². The van der Waals surface area contributed by atoms with E-state index in [0.717, 1.165) is 18.8 Å². The van der Waals surface area contributed by atoms with Gasteiger partial charge in [-0.3, -0.25) is 4.79 Å². The summed E-state index contributed by atoms with van der Waals surface area (Å²) >= 11 is 0.